The normalized spacial score (nSPS) is 13.3. The first-order valence-corrected chi connectivity index (χ1v) is 11.3. The number of hydrogen-bond acceptors (Lipinski definition) is 5. The van der Waals surface area contributed by atoms with Crippen LogP contribution in [0.25, 0.3) is 0 Å². The maximum Gasteiger partial charge on any atom is 0.283 e. The highest BCUT2D eigenvalue weighted by Crippen LogP contribution is 2.32. The molecule has 0 aliphatic carbocycles. The fourth-order valence-electron chi connectivity index (χ4n) is 3.52. The zero-order valence-corrected chi connectivity index (χ0v) is 20.6. The maximum atomic E-state index is 13.1. The smallest absolute Gasteiger partial charge is 0.283 e. The standard InChI is InChI=1S/C26H21Cl2N3O4/c1-14-4-9-18(10-5-14)31-25(33)22(28)23(26(31)34)30-20-12-16(7-6-15(20)2)24(32)29-17-8-11-21(35-3)19(27)13-17/h4-13,30H,1-3H3,(H,29,32). The summed E-state index contributed by atoms with van der Waals surface area (Å²) in [5, 5.41) is 5.86. The van der Waals surface area contributed by atoms with Crippen molar-refractivity contribution in [2.75, 3.05) is 22.6 Å². The monoisotopic (exact) mass is 509 g/mol. The van der Waals surface area contributed by atoms with Crippen molar-refractivity contribution in [1.29, 1.82) is 0 Å². The summed E-state index contributed by atoms with van der Waals surface area (Å²) in [5.41, 5.74) is 3.39. The molecule has 0 atom stereocenters. The third-order valence-electron chi connectivity index (χ3n) is 5.49. The van der Waals surface area contributed by atoms with Crippen LogP contribution >= 0.6 is 23.2 Å². The van der Waals surface area contributed by atoms with Crippen molar-refractivity contribution in [2.45, 2.75) is 13.8 Å². The molecular formula is C26H21Cl2N3O4. The van der Waals surface area contributed by atoms with Gasteiger partial charge in [0.1, 0.15) is 16.5 Å². The van der Waals surface area contributed by atoms with E-state index in [0.29, 0.717) is 33.4 Å². The number of carbonyl (C=O) groups is 3. The van der Waals surface area contributed by atoms with Gasteiger partial charge in [0.25, 0.3) is 17.7 Å². The molecular weight excluding hydrogens is 489 g/mol. The number of amides is 3. The number of nitrogens with zero attached hydrogens (tertiary/aromatic N) is 1. The number of halogens is 2. The van der Waals surface area contributed by atoms with Crippen LogP contribution in [0.15, 0.2) is 71.4 Å². The number of ether oxygens (including phenoxy) is 1. The summed E-state index contributed by atoms with van der Waals surface area (Å²) in [6.45, 7) is 3.71. The molecule has 178 valence electrons. The molecule has 1 heterocycles. The molecule has 2 N–H and O–H groups in total. The van der Waals surface area contributed by atoms with Crippen LogP contribution in [0, 0.1) is 13.8 Å². The Balaban J connectivity index is 1.56. The lowest BCUT2D eigenvalue weighted by molar-refractivity contribution is -0.120. The molecule has 0 aromatic heterocycles. The Bertz CT molecular complexity index is 1380. The molecule has 0 radical (unpaired) electrons. The van der Waals surface area contributed by atoms with Crippen molar-refractivity contribution in [2.24, 2.45) is 0 Å². The molecule has 9 heteroatoms. The Morgan fingerprint density at radius 1 is 0.914 bits per heavy atom. The van der Waals surface area contributed by atoms with Crippen LogP contribution in [0.1, 0.15) is 21.5 Å². The number of benzene rings is 3. The van der Waals surface area contributed by atoms with E-state index in [1.54, 1.807) is 67.6 Å². The molecule has 1 aliphatic rings. The van der Waals surface area contributed by atoms with E-state index in [-0.39, 0.29) is 16.6 Å². The lowest BCUT2D eigenvalue weighted by Gasteiger charge is -2.16. The van der Waals surface area contributed by atoms with Crippen LogP contribution in [-0.2, 0) is 9.59 Å². The molecule has 7 nitrogen and oxygen atoms in total. The Kier molecular flexibility index (Phi) is 6.82. The van der Waals surface area contributed by atoms with Crippen molar-refractivity contribution in [1.82, 2.24) is 0 Å². The highest BCUT2D eigenvalue weighted by atomic mass is 35.5. The average Bonchev–Trinajstić information content (AvgIpc) is 3.04. The zero-order valence-electron chi connectivity index (χ0n) is 19.1. The summed E-state index contributed by atoms with van der Waals surface area (Å²) in [5.74, 6) is -1.09. The number of nitrogens with one attached hydrogen (secondary N) is 2. The molecule has 0 unspecified atom stereocenters. The molecule has 4 rings (SSSR count). The summed E-state index contributed by atoms with van der Waals surface area (Å²) in [7, 11) is 1.50. The molecule has 0 fully saturated rings. The first kappa shape index (κ1) is 24.3. The van der Waals surface area contributed by atoms with Crippen molar-refractivity contribution in [3.8, 4) is 5.75 Å². The van der Waals surface area contributed by atoms with Crippen molar-refractivity contribution in [3.05, 3.63) is 93.1 Å². The van der Waals surface area contributed by atoms with Gasteiger partial charge in [0.05, 0.1) is 17.8 Å². The van der Waals surface area contributed by atoms with Crippen LogP contribution in [0.3, 0.4) is 0 Å². The summed E-state index contributed by atoms with van der Waals surface area (Å²) in [6.07, 6.45) is 0. The third kappa shape index (κ3) is 4.87. The first-order chi connectivity index (χ1) is 16.7. The van der Waals surface area contributed by atoms with Gasteiger partial charge in [-0.25, -0.2) is 4.90 Å². The molecule has 3 aromatic rings. The average molecular weight is 510 g/mol. The summed E-state index contributed by atoms with van der Waals surface area (Å²) in [6, 6.07) is 16.8. The number of anilines is 3. The van der Waals surface area contributed by atoms with E-state index in [9.17, 15) is 14.4 Å². The number of carbonyl (C=O) groups excluding carboxylic acids is 3. The lowest BCUT2D eigenvalue weighted by atomic mass is 10.1. The minimum atomic E-state index is -0.619. The SMILES string of the molecule is COc1ccc(NC(=O)c2ccc(C)c(NC3=C(Cl)C(=O)N(c4ccc(C)cc4)C3=O)c2)cc1Cl. The molecule has 0 saturated carbocycles. The third-order valence-corrected chi connectivity index (χ3v) is 6.13. The van der Waals surface area contributed by atoms with Gasteiger partial charge in [-0.1, -0.05) is 47.0 Å². The van der Waals surface area contributed by atoms with Gasteiger partial charge in [-0.2, -0.15) is 0 Å². The predicted octanol–water partition coefficient (Wildman–Crippen LogP) is 5.65. The van der Waals surface area contributed by atoms with Crippen molar-refractivity contribution >= 4 is 58.0 Å². The van der Waals surface area contributed by atoms with E-state index in [1.165, 1.54) is 7.11 Å². The van der Waals surface area contributed by atoms with Crippen molar-refractivity contribution < 1.29 is 19.1 Å². The minimum Gasteiger partial charge on any atom is -0.495 e. The fraction of sp³-hybridized carbons (Fsp3) is 0.115. The van der Waals surface area contributed by atoms with Crippen LogP contribution in [0.4, 0.5) is 17.1 Å². The number of aryl methyl sites for hydroxylation is 2. The van der Waals surface area contributed by atoms with E-state index < -0.39 is 11.8 Å². The maximum absolute atomic E-state index is 13.1. The first-order valence-electron chi connectivity index (χ1n) is 10.6. The van der Waals surface area contributed by atoms with Gasteiger partial charge in [-0.05, 0) is 61.9 Å². The summed E-state index contributed by atoms with van der Waals surface area (Å²) in [4.78, 5) is 39.7. The van der Waals surface area contributed by atoms with Gasteiger partial charge >= 0.3 is 0 Å². The second kappa shape index (κ2) is 9.82. The Hall–Kier alpha value is -3.81. The number of imide groups is 1. The van der Waals surface area contributed by atoms with Gasteiger partial charge in [-0.15, -0.1) is 0 Å². The number of methoxy groups -OCH3 is 1. The second-order valence-corrected chi connectivity index (χ2v) is 8.71. The largest absolute Gasteiger partial charge is 0.495 e. The highest BCUT2D eigenvalue weighted by Gasteiger charge is 2.39. The zero-order chi connectivity index (χ0) is 25.3. The van der Waals surface area contributed by atoms with E-state index in [1.807, 2.05) is 6.92 Å². The molecule has 3 aromatic carbocycles. The Morgan fingerprint density at radius 2 is 1.63 bits per heavy atom. The fourth-order valence-corrected chi connectivity index (χ4v) is 3.99. The van der Waals surface area contributed by atoms with Gasteiger partial charge in [0, 0.05) is 16.9 Å². The quantitative estimate of drug-likeness (QED) is 0.419. The van der Waals surface area contributed by atoms with Crippen molar-refractivity contribution in [3.63, 3.8) is 0 Å². The van der Waals surface area contributed by atoms with E-state index in [2.05, 4.69) is 10.6 Å². The molecule has 0 spiro atoms. The lowest BCUT2D eigenvalue weighted by Crippen LogP contribution is -2.32. The van der Waals surface area contributed by atoms with Gasteiger partial charge in [-0.3, -0.25) is 14.4 Å². The highest BCUT2D eigenvalue weighted by molar-refractivity contribution is 6.53. The van der Waals surface area contributed by atoms with Crippen LogP contribution in [0.2, 0.25) is 5.02 Å². The van der Waals surface area contributed by atoms with Gasteiger partial charge < -0.3 is 15.4 Å². The number of hydrogen-bond donors (Lipinski definition) is 2. The van der Waals surface area contributed by atoms with Crippen LogP contribution in [-0.4, -0.2) is 24.8 Å². The van der Waals surface area contributed by atoms with Gasteiger partial charge in [0.15, 0.2) is 0 Å². The molecule has 0 bridgehead atoms. The second-order valence-electron chi connectivity index (χ2n) is 7.93. The molecule has 1 aliphatic heterocycles. The Labute approximate surface area is 212 Å². The number of rotatable bonds is 6. The minimum absolute atomic E-state index is 0.0557. The predicted molar refractivity (Wildman–Crippen MR) is 137 cm³/mol. The summed E-state index contributed by atoms with van der Waals surface area (Å²) >= 11 is 12.4. The molecule has 0 saturated heterocycles. The topological polar surface area (TPSA) is 87.7 Å². The molecule has 3 amide bonds. The van der Waals surface area contributed by atoms with Crippen LogP contribution < -0.4 is 20.3 Å². The molecule has 35 heavy (non-hydrogen) atoms. The van der Waals surface area contributed by atoms with E-state index >= 15 is 0 Å². The van der Waals surface area contributed by atoms with Crippen LogP contribution in [0.5, 0.6) is 5.75 Å². The Morgan fingerprint density at radius 3 is 2.29 bits per heavy atom. The van der Waals surface area contributed by atoms with E-state index in [4.69, 9.17) is 27.9 Å². The van der Waals surface area contributed by atoms with E-state index in [0.717, 1.165) is 16.0 Å². The summed E-state index contributed by atoms with van der Waals surface area (Å²) < 4.78 is 5.12. The van der Waals surface area contributed by atoms with Gasteiger partial charge in [0.2, 0.25) is 0 Å².